The van der Waals surface area contributed by atoms with Crippen LogP contribution in [0.5, 0.6) is 0 Å². The van der Waals surface area contributed by atoms with Crippen molar-refractivity contribution in [3.8, 4) is 0 Å². The van der Waals surface area contributed by atoms with Crippen LogP contribution in [0.15, 0.2) is 11.6 Å². The number of rotatable bonds is 1. The van der Waals surface area contributed by atoms with E-state index in [0.29, 0.717) is 5.92 Å². The van der Waals surface area contributed by atoms with Gasteiger partial charge in [0.05, 0.1) is 7.11 Å². The predicted molar refractivity (Wildman–Crippen MR) is 56.8 cm³/mol. The number of hydrogen-bond acceptors (Lipinski definition) is 2. The molecule has 1 aliphatic carbocycles. The molecule has 0 radical (unpaired) electrons. The lowest BCUT2D eigenvalue weighted by Gasteiger charge is -2.60. The Kier molecular flexibility index (Phi) is 2.51. The molecule has 0 bridgehead atoms. The second kappa shape index (κ2) is 3.11. The van der Waals surface area contributed by atoms with E-state index in [1.807, 2.05) is 0 Å². The van der Waals surface area contributed by atoms with E-state index in [9.17, 15) is 4.79 Å². The third kappa shape index (κ3) is 1.28. The Bertz CT molecular complexity index is 285. The summed E-state index contributed by atoms with van der Waals surface area (Å²) >= 11 is 0. The predicted octanol–water partition coefficient (Wildman–Crippen LogP) is 2.79. The molecule has 14 heavy (non-hydrogen) atoms. The molecule has 1 atom stereocenters. The van der Waals surface area contributed by atoms with Crippen molar-refractivity contribution in [2.75, 3.05) is 7.11 Å². The maximum Gasteiger partial charge on any atom is 0.330 e. The fourth-order valence-corrected chi connectivity index (χ4v) is 2.26. The van der Waals surface area contributed by atoms with Gasteiger partial charge in [0.2, 0.25) is 0 Å². The van der Waals surface area contributed by atoms with E-state index < -0.39 is 0 Å². The van der Waals surface area contributed by atoms with Gasteiger partial charge in [-0.15, -0.1) is 0 Å². The van der Waals surface area contributed by atoms with Gasteiger partial charge in [-0.3, -0.25) is 0 Å². The van der Waals surface area contributed by atoms with E-state index in [1.54, 1.807) is 6.08 Å². The van der Waals surface area contributed by atoms with E-state index in [4.69, 9.17) is 0 Å². The molecule has 1 fully saturated rings. The van der Waals surface area contributed by atoms with Crippen LogP contribution in [0, 0.1) is 16.7 Å². The molecule has 0 aliphatic heterocycles. The summed E-state index contributed by atoms with van der Waals surface area (Å²) in [5.41, 5.74) is 1.56. The van der Waals surface area contributed by atoms with E-state index in [0.717, 1.165) is 0 Å². The normalized spacial score (nSPS) is 31.0. The van der Waals surface area contributed by atoms with Crippen molar-refractivity contribution in [2.24, 2.45) is 16.7 Å². The van der Waals surface area contributed by atoms with Gasteiger partial charge in [-0.2, -0.15) is 0 Å². The molecule has 0 unspecified atom stereocenters. The standard InChI is InChI=1S/C12H20O2/c1-8-9(7-10(13)14-6)12(4,5)11(8,2)3/h7-8H,1-6H3/b9-7-/t8-/m1/s1. The van der Waals surface area contributed by atoms with Crippen LogP contribution in [0.2, 0.25) is 0 Å². The topological polar surface area (TPSA) is 26.3 Å². The van der Waals surface area contributed by atoms with Gasteiger partial charge >= 0.3 is 5.97 Å². The molecule has 1 aliphatic rings. The van der Waals surface area contributed by atoms with E-state index in [1.165, 1.54) is 12.7 Å². The van der Waals surface area contributed by atoms with Crippen LogP contribution in [-0.2, 0) is 9.53 Å². The zero-order valence-electron chi connectivity index (χ0n) is 9.97. The van der Waals surface area contributed by atoms with Crippen LogP contribution in [0.25, 0.3) is 0 Å². The van der Waals surface area contributed by atoms with Crippen LogP contribution in [0.3, 0.4) is 0 Å². The van der Waals surface area contributed by atoms with Gasteiger partial charge in [0, 0.05) is 6.08 Å². The maximum atomic E-state index is 11.2. The van der Waals surface area contributed by atoms with Crippen molar-refractivity contribution in [1.82, 2.24) is 0 Å². The van der Waals surface area contributed by atoms with Crippen molar-refractivity contribution in [3.05, 3.63) is 11.6 Å². The molecule has 0 aromatic heterocycles. The van der Waals surface area contributed by atoms with Crippen molar-refractivity contribution < 1.29 is 9.53 Å². The van der Waals surface area contributed by atoms with Crippen molar-refractivity contribution in [3.63, 3.8) is 0 Å². The van der Waals surface area contributed by atoms with Gasteiger partial charge in [-0.25, -0.2) is 4.79 Å². The second-order valence-electron chi connectivity index (χ2n) is 5.19. The lowest BCUT2D eigenvalue weighted by Crippen LogP contribution is -2.52. The summed E-state index contributed by atoms with van der Waals surface area (Å²) in [6.07, 6.45) is 1.65. The summed E-state index contributed by atoms with van der Waals surface area (Å²) in [6, 6.07) is 0. The molecule has 0 aromatic rings. The summed E-state index contributed by atoms with van der Waals surface area (Å²) in [4.78, 5) is 11.2. The van der Waals surface area contributed by atoms with Gasteiger partial charge in [0.25, 0.3) is 0 Å². The Morgan fingerprint density at radius 1 is 1.36 bits per heavy atom. The molecule has 0 saturated heterocycles. The first-order chi connectivity index (χ1) is 6.25. The highest BCUT2D eigenvalue weighted by Gasteiger charge is 2.55. The largest absolute Gasteiger partial charge is 0.466 e. The Balaban J connectivity index is 2.96. The fourth-order valence-electron chi connectivity index (χ4n) is 2.26. The summed E-state index contributed by atoms with van der Waals surface area (Å²) in [6.45, 7) is 11.0. The van der Waals surface area contributed by atoms with Gasteiger partial charge < -0.3 is 4.74 Å². The minimum Gasteiger partial charge on any atom is -0.466 e. The quantitative estimate of drug-likeness (QED) is 0.476. The molecule has 1 saturated carbocycles. The van der Waals surface area contributed by atoms with Gasteiger partial charge in [0.15, 0.2) is 0 Å². The monoisotopic (exact) mass is 196 g/mol. The smallest absolute Gasteiger partial charge is 0.330 e. The summed E-state index contributed by atoms with van der Waals surface area (Å²) in [5.74, 6) is 0.215. The molecule has 1 rings (SSSR count). The average molecular weight is 196 g/mol. The van der Waals surface area contributed by atoms with Crippen molar-refractivity contribution >= 4 is 5.97 Å². The van der Waals surface area contributed by atoms with E-state index in [-0.39, 0.29) is 16.8 Å². The van der Waals surface area contributed by atoms with E-state index >= 15 is 0 Å². The zero-order chi connectivity index (χ0) is 11.1. The van der Waals surface area contributed by atoms with Crippen LogP contribution < -0.4 is 0 Å². The van der Waals surface area contributed by atoms with Crippen LogP contribution >= 0.6 is 0 Å². The van der Waals surface area contributed by atoms with Crippen LogP contribution in [0.4, 0.5) is 0 Å². The maximum absolute atomic E-state index is 11.2. The number of allylic oxidation sites excluding steroid dienone is 1. The molecule has 0 heterocycles. The van der Waals surface area contributed by atoms with Gasteiger partial charge in [-0.05, 0) is 16.7 Å². The number of esters is 1. The number of carbonyl (C=O) groups excluding carboxylic acids is 1. The fraction of sp³-hybridized carbons (Fsp3) is 0.750. The Hall–Kier alpha value is -0.790. The summed E-state index contributed by atoms with van der Waals surface area (Å²) < 4.78 is 4.65. The molecule has 0 N–H and O–H groups in total. The molecule has 0 spiro atoms. The zero-order valence-corrected chi connectivity index (χ0v) is 9.97. The third-order valence-corrected chi connectivity index (χ3v) is 4.36. The molecule has 2 nitrogen and oxygen atoms in total. The van der Waals surface area contributed by atoms with Gasteiger partial charge in [0.1, 0.15) is 0 Å². The third-order valence-electron chi connectivity index (χ3n) is 4.36. The van der Waals surface area contributed by atoms with Crippen molar-refractivity contribution in [1.29, 1.82) is 0 Å². The summed E-state index contributed by atoms with van der Waals surface area (Å²) in [5, 5.41) is 0. The Morgan fingerprint density at radius 3 is 2.21 bits per heavy atom. The lowest BCUT2D eigenvalue weighted by atomic mass is 9.44. The Labute approximate surface area is 86.3 Å². The first kappa shape index (κ1) is 11.3. The highest BCUT2D eigenvalue weighted by atomic mass is 16.5. The van der Waals surface area contributed by atoms with Crippen molar-refractivity contribution in [2.45, 2.75) is 34.6 Å². The van der Waals surface area contributed by atoms with Crippen LogP contribution in [-0.4, -0.2) is 13.1 Å². The van der Waals surface area contributed by atoms with Gasteiger partial charge in [-0.1, -0.05) is 40.2 Å². The number of hydrogen-bond donors (Lipinski definition) is 0. The second-order valence-corrected chi connectivity index (χ2v) is 5.19. The highest BCUT2D eigenvalue weighted by Crippen LogP contribution is 2.63. The minimum atomic E-state index is -0.240. The van der Waals surface area contributed by atoms with Crippen LogP contribution in [0.1, 0.15) is 34.6 Å². The number of carbonyl (C=O) groups is 1. The molecule has 0 aromatic carbocycles. The minimum absolute atomic E-state index is 0.0978. The molecule has 2 heteroatoms. The number of ether oxygens (including phenoxy) is 1. The molecule has 0 amide bonds. The molecular formula is C12H20O2. The molecular weight excluding hydrogens is 176 g/mol. The molecule has 80 valence electrons. The Morgan fingerprint density at radius 2 is 1.86 bits per heavy atom. The number of methoxy groups -OCH3 is 1. The SMILES string of the molecule is COC(=O)/C=C1/[C@@H](C)C(C)(C)C1(C)C. The first-order valence-electron chi connectivity index (χ1n) is 5.05. The first-order valence-corrected chi connectivity index (χ1v) is 5.05. The lowest BCUT2D eigenvalue weighted by molar-refractivity contribution is -0.135. The summed E-state index contributed by atoms with van der Waals surface area (Å²) in [7, 11) is 1.42. The average Bonchev–Trinajstić information content (AvgIpc) is 2.12. The highest BCUT2D eigenvalue weighted by molar-refractivity contribution is 5.83. The van der Waals surface area contributed by atoms with E-state index in [2.05, 4.69) is 39.4 Å².